The number of alkyl halides is 1. The van der Waals surface area contributed by atoms with Crippen LogP contribution >= 0.6 is 31.9 Å². The molecular weight excluding hydrogens is 547 g/mol. The zero-order valence-corrected chi connectivity index (χ0v) is 21.0. The van der Waals surface area contributed by atoms with Crippen LogP contribution in [0.4, 0.5) is 4.39 Å². The van der Waals surface area contributed by atoms with Gasteiger partial charge in [0.25, 0.3) is 0 Å². The van der Waals surface area contributed by atoms with E-state index in [-0.39, 0.29) is 12.6 Å². The fraction of sp³-hybridized carbons (Fsp3) is 0.545. The molecule has 176 valence electrons. The average Bonchev–Trinajstić information content (AvgIpc) is 2.81. The minimum absolute atomic E-state index is 0.0265. The minimum atomic E-state index is -1.03. The van der Waals surface area contributed by atoms with E-state index < -0.39 is 6.17 Å². The Morgan fingerprint density at radius 3 is 1.97 bits per heavy atom. The summed E-state index contributed by atoms with van der Waals surface area (Å²) in [5, 5.41) is 9.48. The average molecular weight is 576 g/mol. The smallest absolute Gasteiger partial charge is 0.155 e. The molecule has 0 aliphatic carbocycles. The summed E-state index contributed by atoms with van der Waals surface area (Å²) in [4.78, 5) is 12.8. The van der Waals surface area contributed by atoms with Gasteiger partial charge in [-0.15, -0.1) is 0 Å². The highest BCUT2D eigenvalue weighted by Gasteiger charge is 2.23. The van der Waals surface area contributed by atoms with Gasteiger partial charge in [-0.25, -0.2) is 14.4 Å². The third-order valence-electron chi connectivity index (χ3n) is 5.32. The summed E-state index contributed by atoms with van der Waals surface area (Å²) in [5.41, 5.74) is 1.39. The fourth-order valence-electron chi connectivity index (χ4n) is 3.60. The minimum Gasteiger partial charge on any atom is -0.394 e. The molecule has 2 atom stereocenters. The van der Waals surface area contributed by atoms with Crippen LogP contribution in [-0.2, 0) is 9.47 Å². The van der Waals surface area contributed by atoms with Crippen molar-refractivity contribution in [2.24, 2.45) is 0 Å². The molecule has 0 saturated carbocycles. The summed E-state index contributed by atoms with van der Waals surface area (Å²) in [6.07, 6.45) is -1.03. The van der Waals surface area contributed by atoms with E-state index >= 15 is 0 Å². The van der Waals surface area contributed by atoms with Crippen molar-refractivity contribution in [2.75, 3.05) is 65.8 Å². The second-order valence-corrected chi connectivity index (χ2v) is 9.12. The van der Waals surface area contributed by atoms with Crippen LogP contribution in [0.5, 0.6) is 0 Å². The Kier molecular flexibility index (Phi) is 10.9. The lowest BCUT2D eigenvalue weighted by Crippen LogP contribution is -2.40. The van der Waals surface area contributed by atoms with Gasteiger partial charge in [-0.05, 0) is 56.1 Å². The summed E-state index contributed by atoms with van der Waals surface area (Å²) in [6.45, 7) is 6.62. The number of halogens is 3. The molecule has 0 amide bonds. The Morgan fingerprint density at radius 2 is 1.41 bits per heavy atom. The Balaban J connectivity index is 0.000000181. The van der Waals surface area contributed by atoms with Crippen LogP contribution in [0.3, 0.4) is 0 Å². The molecule has 32 heavy (non-hydrogen) atoms. The van der Waals surface area contributed by atoms with Gasteiger partial charge in [0.1, 0.15) is 9.21 Å². The highest BCUT2D eigenvalue weighted by molar-refractivity contribution is 9.10. The number of rotatable bonds is 6. The van der Waals surface area contributed by atoms with Crippen molar-refractivity contribution >= 4 is 31.9 Å². The molecule has 2 aromatic rings. The molecule has 0 bridgehead atoms. The number of hydrogen-bond acceptors (Lipinski definition) is 7. The number of nitrogens with zero attached hydrogens (tertiary/aromatic N) is 4. The number of hydrogen-bond donors (Lipinski definition) is 1. The standard InChI is InChI=1S/C11H14BrFN2O.C11H15BrN2O2/c12-11-3-1-2-10(14-11)9(13)8-15-4-6-16-7-5-15;12-11-3-1-2-9(13-11)10(8-15)14-4-6-16-7-5-14/h1-3,9H,4-8H2;1-3,10,15H,4-8H2. The third-order valence-corrected chi connectivity index (χ3v) is 6.20. The van der Waals surface area contributed by atoms with Gasteiger partial charge >= 0.3 is 0 Å². The lowest BCUT2D eigenvalue weighted by atomic mass is 10.1. The molecule has 0 aromatic carbocycles. The topological polar surface area (TPSA) is 71.0 Å². The molecule has 10 heteroatoms. The van der Waals surface area contributed by atoms with Crippen LogP contribution in [0, 0.1) is 0 Å². The first kappa shape index (κ1) is 25.6. The van der Waals surface area contributed by atoms with Crippen LogP contribution in [0.1, 0.15) is 23.6 Å². The molecule has 2 fully saturated rings. The van der Waals surface area contributed by atoms with Crippen molar-refractivity contribution in [3.63, 3.8) is 0 Å². The summed E-state index contributed by atoms with van der Waals surface area (Å²) in [5.74, 6) is 0. The van der Waals surface area contributed by atoms with Crippen LogP contribution in [0.15, 0.2) is 45.6 Å². The Morgan fingerprint density at radius 1 is 0.875 bits per heavy atom. The Hall–Kier alpha value is -1.01. The molecule has 4 heterocycles. The first-order valence-corrected chi connectivity index (χ1v) is 12.3. The van der Waals surface area contributed by atoms with Crippen LogP contribution in [0.2, 0.25) is 0 Å². The largest absolute Gasteiger partial charge is 0.394 e. The van der Waals surface area contributed by atoms with Gasteiger partial charge in [0.2, 0.25) is 0 Å². The van der Waals surface area contributed by atoms with Crippen molar-refractivity contribution in [1.82, 2.24) is 19.8 Å². The van der Waals surface area contributed by atoms with E-state index in [0.717, 1.165) is 49.7 Å². The predicted octanol–water partition coefficient (Wildman–Crippen LogP) is 3.40. The second kappa shape index (κ2) is 13.6. The van der Waals surface area contributed by atoms with E-state index in [4.69, 9.17) is 9.47 Å². The zero-order chi connectivity index (χ0) is 22.8. The molecule has 2 aliphatic heterocycles. The third kappa shape index (κ3) is 8.09. The Bertz CT molecular complexity index is 823. The summed E-state index contributed by atoms with van der Waals surface area (Å²) in [7, 11) is 0. The molecule has 2 saturated heterocycles. The molecule has 0 radical (unpaired) electrons. The quantitative estimate of drug-likeness (QED) is 0.529. The monoisotopic (exact) mass is 574 g/mol. The second-order valence-electron chi connectivity index (χ2n) is 7.50. The molecule has 2 aromatic heterocycles. The van der Waals surface area contributed by atoms with Crippen molar-refractivity contribution in [1.29, 1.82) is 0 Å². The highest BCUT2D eigenvalue weighted by Crippen LogP contribution is 2.21. The maximum atomic E-state index is 13.9. The van der Waals surface area contributed by atoms with Gasteiger partial charge in [0.15, 0.2) is 6.17 Å². The van der Waals surface area contributed by atoms with Gasteiger partial charge in [0, 0.05) is 32.7 Å². The molecule has 4 rings (SSSR count). The van der Waals surface area contributed by atoms with Crippen LogP contribution < -0.4 is 0 Å². The van der Waals surface area contributed by atoms with E-state index in [0.29, 0.717) is 30.1 Å². The first-order valence-electron chi connectivity index (χ1n) is 10.7. The van der Waals surface area contributed by atoms with Gasteiger partial charge < -0.3 is 14.6 Å². The number of pyridine rings is 2. The number of aliphatic hydroxyl groups is 1. The molecule has 1 N–H and O–H groups in total. The SMILES string of the molecule is FC(CN1CCOCC1)c1cccc(Br)n1.OCC(c1cccc(Br)n1)N1CCOCC1. The number of ether oxygens (including phenoxy) is 2. The van der Waals surface area contributed by atoms with Crippen LogP contribution in [0.25, 0.3) is 0 Å². The highest BCUT2D eigenvalue weighted by atomic mass is 79.9. The maximum absolute atomic E-state index is 13.9. The predicted molar refractivity (Wildman–Crippen MR) is 127 cm³/mol. The van der Waals surface area contributed by atoms with Gasteiger partial charge in [0.05, 0.1) is 50.5 Å². The summed E-state index contributed by atoms with van der Waals surface area (Å²) < 4.78 is 25.9. The summed E-state index contributed by atoms with van der Waals surface area (Å²) in [6, 6.07) is 11.1. The lowest BCUT2D eigenvalue weighted by Gasteiger charge is -2.33. The molecule has 2 unspecified atom stereocenters. The molecule has 2 aliphatic rings. The normalized spacial score (nSPS) is 19.6. The lowest BCUT2D eigenvalue weighted by molar-refractivity contribution is 0.00151. The van der Waals surface area contributed by atoms with Gasteiger partial charge in [-0.3, -0.25) is 9.80 Å². The first-order chi connectivity index (χ1) is 15.6. The molecular formula is C22H29Br2FN4O3. The van der Waals surface area contributed by atoms with Gasteiger partial charge in [-0.1, -0.05) is 12.1 Å². The Labute approximate surface area is 205 Å². The summed E-state index contributed by atoms with van der Waals surface area (Å²) >= 11 is 6.59. The maximum Gasteiger partial charge on any atom is 0.155 e. The van der Waals surface area contributed by atoms with E-state index in [9.17, 15) is 9.50 Å². The number of aliphatic hydroxyl groups excluding tert-OH is 1. The zero-order valence-electron chi connectivity index (χ0n) is 17.9. The van der Waals surface area contributed by atoms with Crippen molar-refractivity contribution in [2.45, 2.75) is 12.2 Å². The number of aromatic nitrogens is 2. The van der Waals surface area contributed by atoms with E-state index in [1.165, 1.54) is 0 Å². The fourth-order valence-corrected chi connectivity index (χ4v) is 4.31. The molecule has 0 spiro atoms. The van der Waals surface area contributed by atoms with Crippen molar-refractivity contribution in [3.8, 4) is 0 Å². The van der Waals surface area contributed by atoms with E-state index in [2.05, 4.69) is 51.6 Å². The van der Waals surface area contributed by atoms with Gasteiger partial charge in [-0.2, -0.15) is 0 Å². The molecule has 7 nitrogen and oxygen atoms in total. The van der Waals surface area contributed by atoms with E-state index in [1.54, 1.807) is 18.2 Å². The van der Waals surface area contributed by atoms with Crippen LogP contribution in [-0.4, -0.2) is 90.6 Å². The van der Waals surface area contributed by atoms with Crippen molar-refractivity contribution in [3.05, 3.63) is 57.0 Å². The van der Waals surface area contributed by atoms with E-state index in [1.807, 2.05) is 18.2 Å². The number of morpholine rings is 2. The van der Waals surface area contributed by atoms with Crippen molar-refractivity contribution < 1.29 is 19.0 Å².